The highest BCUT2D eigenvalue weighted by Gasteiger charge is 2.58. The maximum Gasteiger partial charge on any atom is 0.252 e. The second kappa shape index (κ2) is 12.5. The molecule has 0 aromatic heterocycles. The van der Waals surface area contributed by atoms with Crippen LogP contribution in [-0.4, -0.2) is 12.3 Å². The van der Waals surface area contributed by atoms with E-state index >= 15 is 0 Å². The van der Waals surface area contributed by atoms with Crippen LogP contribution in [0.25, 0.3) is 0 Å². The number of para-hydroxylation sites is 1. The van der Waals surface area contributed by atoms with Gasteiger partial charge in [-0.3, -0.25) is 0 Å². The first-order valence-electron chi connectivity index (χ1n) is 24.1. The molecule has 0 spiro atoms. The van der Waals surface area contributed by atoms with Gasteiger partial charge < -0.3 is 14.7 Å². The van der Waals surface area contributed by atoms with E-state index in [1.807, 2.05) is 0 Å². The summed E-state index contributed by atoms with van der Waals surface area (Å²) in [4.78, 5) is 8.19. The molecule has 2 aliphatic carbocycles. The summed E-state index contributed by atoms with van der Waals surface area (Å²) in [6, 6.07) is 46.5. The average molecular weight is 826 g/mol. The van der Waals surface area contributed by atoms with E-state index in [2.05, 4.69) is 206 Å². The first-order valence-corrected chi connectivity index (χ1v) is 24.1. The molecule has 4 heteroatoms. The molecule has 0 N–H and O–H groups in total. The Hall–Kier alpha value is -5.22. The Kier molecular flexibility index (Phi) is 7.83. The van der Waals surface area contributed by atoms with Crippen LogP contribution in [0.15, 0.2) is 115 Å². The van der Waals surface area contributed by atoms with Crippen molar-refractivity contribution in [2.24, 2.45) is 0 Å². The molecule has 4 aliphatic heterocycles. The molecule has 2 atom stereocenters. The minimum atomic E-state index is -0.213. The van der Waals surface area contributed by atoms with Crippen molar-refractivity contribution in [2.75, 3.05) is 14.7 Å². The summed E-state index contributed by atoms with van der Waals surface area (Å²) in [5.41, 5.74) is 23.1. The summed E-state index contributed by atoms with van der Waals surface area (Å²) >= 11 is 0. The zero-order chi connectivity index (χ0) is 43.8. The molecule has 1 saturated carbocycles. The number of benzene rings is 6. The summed E-state index contributed by atoms with van der Waals surface area (Å²) in [5, 5.41) is 0. The van der Waals surface area contributed by atoms with Crippen molar-refractivity contribution in [3.63, 3.8) is 0 Å². The highest BCUT2D eigenvalue weighted by Crippen LogP contribution is 2.63. The molecule has 4 heterocycles. The third-order valence-electron chi connectivity index (χ3n) is 17.8. The van der Waals surface area contributed by atoms with E-state index < -0.39 is 0 Å². The number of nitrogens with zero attached hydrogens (tertiary/aromatic N) is 3. The van der Waals surface area contributed by atoms with Crippen molar-refractivity contribution in [1.82, 2.24) is 0 Å². The molecule has 1 fully saturated rings. The van der Waals surface area contributed by atoms with Gasteiger partial charge in [-0.1, -0.05) is 143 Å². The predicted molar refractivity (Wildman–Crippen MR) is 269 cm³/mol. The van der Waals surface area contributed by atoms with Crippen LogP contribution in [-0.2, 0) is 27.1 Å². The highest BCUT2D eigenvalue weighted by atomic mass is 15.3. The molecule has 63 heavy (non-hydrogen) atoms. The van der Waals surface area contributed by atoms with Gasteiger partial charge in [-0.15, -0.1) is 0 Å². The number of hydrogen-bond donors (Lipinski definition) is 0. The molecule has 6 aliphatic rings. The monoisotopic (exact) mass is 826 g/mol. The second-order valence-corrected chi connectivity index (χ2v) is 23.6. The van der Waals surface area contributed by atoms with Crippen molar-refractivity contribution < 1.29 is 0 Å². The number of anilines is 8. The van der Waals surface area contributed by atoms with Crippen molar-refractivity contribution in [1.29, 1.82) is 0 Å². The van der Waals surface area contributed by atoms with Crippen molar-refractivity contribution >= 4 is 68.6 Å². The number of rotatable bonds is 1. The molecule has 6 bridgehead atoms. The maximum absolute atomic E-state index is 2.85. The molecule has 0 radical (unpaired) electrons. The van der Waals surface area contributed by atoms with Gasteiger partial charge in [0.05, 0.1) is 5.54 Å². The van der Waals surface area contributed by atoms with E-state index in [-0.39, 0.29) is 39.3 Å². The molecule has 0 saturated heterocycles. The van der Waals surface area contributed by atoms with Gasteiger partial charge in [0.2, 0.25) is 0 Å². The van der Waals surface area contributed by atoms with Crippen molar-refractivity contribution in [3.8, 4) is 0 Å². The molecule has 3 nitrogen and oxygen atoms in total. The van der Waals surface area contributed by atoms with E-state index in [0.29, 0.717) is 0 Å². The SMILES string of the molecule is CC(C)(C)c1ccc2c(c1)N1c3cccc(c3)C(C)(C)c3ccc4c(c3)N(c3cc1c1c(c3)N(c3ccccc3)c3cc5c(cc3B21)C(C)(C)CCC5(C)C)C1(C)CCCCC41C. The zero-order valence-electron chi connectivity index (χ0n) is 39.6. The Morgan fingerprint density at radius 3 is 1.83 bits per heavy atom. The van der Waals surface area contributed by atoms with Gasteiger partial charge in [-0.2, -0.15) is 0 Å². The van der Waals surface area contributed by atoms with Gasteiger partial charge in [-0.25, -0.2) is 0 Å². The normalized spacial score (nSPS) is 23.8. The van der Waals surface area contributed by atoms with E-state index in [1.165, 1.54) is 127 Å². The van der Waals surface area contributed by atoms with Crippen LogP contribution in [0.3, 0.4) is 0 Å². The number of fused-ring (bicyclic) bond motifs is 15. The van der Waals surface area contributed by atoms with E-state index in [4.69, 9.17) is 0 Å². The summed E-state index contributed by atoms with van der Waals surface area (Å²) in [6.07, 6.45) is 7.25. The lowest BCUT2D eigenvalue weighted by Crippen LogP contribution is -2.62. The maximum atomic E-state index is 2.85. The molecule has 0 amide bonds. The predicted octanol–water partition coefficient (Wildman–Crippen LogP) is 13.8. The molecule has 6 aromatic carbocycles. The fraction of sp³-hybridized carbons (Fsp3) is 0.390. The standard InChI is InChI=1S/C59H64BN3/c1-54(2,3)37-23-25-46-49(31-37)62-41-21-17-18-38(30-41)57(8,9)39-22-24-43-48(32-39)63(59(11)27-16-15-26-58(43,59)10)42-33-51-53(52(62)34-42)60(46)47-35-44-45(56(6,7)29-28-55(44,4)5)36-50(47)61(51)40-19-13-12-14-20-40/h12-14,17-25,30-36H,15-16,26-29H2,1-11H3. The van der Waals surface area contributed by atoms with Crippen LogP contribution in [0, 0.1) is 0 Å². The van der Waals surface area contributed by atoms with Gasteiger partial charge in [0.15, 0.2) is 0 Å². The van der Waals surface area contributed by atoms with E-state index in [0.717, 1.165) is 6.42 Å². The second-order valence-electron chi connectivity index (χ2n) is 23.6. The van der Waals surface area contributed by atoms with Gasteiger partial charge >= 0.3 is 0 Å². The topological polar surface area (TPSA) is 9.72 Å². The van der Waals surface area contributed by atoms with Crippen molar-refractivity contribution in [2.45, 2.75) is 147 Å². The van der Waals surface area contributed by atoms with Gasteiger partial charge in [-0.05, 0) is 153 Å². The quantitative estimate of drug-likeness (QED) is 0.153. The lowest BCUT2D eigenvalue weighted by Gasteiger charge is -2.51. The lowest BCUT2D eigenvalue weighted by atomic mass is 9.33. The smallest absolute Gasteiger partial charge is 0.252 e. The minimum absolute atomic E-state index is 0.0172. The van der Waals surface area contributed by atoms with E-state index in [9.17, 15) is 0 Å². The molecule has 318 valence electrons. The Bertz CT molecular complexity index is 2930. The fourth-order valence-corrected chi connectivity index (χ4v) is 13.5. The van der Waals surface area contributed by atoms with Crippen LogP contribution in [0.1, 0.15) is 148 Å². The Morgan fingerprint density at radius 1 is 0.476 bits per heavy atom. The highest BCUT2D eigenvalue weighted by molar-refractivity contribution is 7.00. The first kappa shape index (κ1) is 39.4. The molecular weight excluding hydrogens is 761 g/mol. The van der Waals surface area contributed by atoms with Crippen LogP contribution < -0.4 is 31.1 Å². The molecule has 2 unspecified atom stereocenters. The summed E-state index contributed by atoms with van der Waals surface area (Å²) < 4.78 is 0. The third-order valence-corrected chi connectivity index (χ3v) is 17.8. The third kappa shape index (κ3) is 5.16. The van der Waals surface area contributed by atoms with Gasteiger partial charge in [0, 0.05) is 56.3 Å². The van der Waals surface area contributed by atoms with Crippen molar-refractivity contribution in [3.05, 3.63) is 149 Å². The van der Waals surface area contributed by atoms with Crippen LogP contribution in [0.2, 0.25) is 0 Å². The largest absolute Gasteiger partial charge is 0.334 e. The molecular formula is C59H64BN3. The van der Waals surface area contributed by atoms with Crippen LogP contribution >= 0.6 is 0 Å². The Labute approximate surface area is 377 Å². The average Bonchev–Trinajstić information content (AvgIpc) is 3.46. The molecule has 6 aromatic rings. The minimum Gasteiger partial charge on any atom is -0.334 e. The van der Waals surface area contributed by atoms with Crippen LogP contribution in [0.4, 0.5) is 45.5 Å². The first-order chi connectivity index (χ1) is 29.8. The fourth-order valence-electron chi connectivity index (χ4n) is 13.5. The number of hydrogen-bond acceptors (Lipinski definition) is 3. The van der Waals surface area contributed by atoms with Gasteiger partial charge in [0.1, 0.15) is 0 Å². The Balaban J connectivity index is 1.26. The Morgan fingerprint density at radius 2 is 1.11 bits per heavy atom. The van der Waals surface area contributed by atoms with E-state index in [1.54, 1.807) is 0 Å². The molecule has 12 rings (SSSR count). The lowest BCUT2D eigenvalue weighted by molar-refractivity contribution is 0.195. The van der Waals surface area contributed by atoms with Gasteiger partial charge in [0.25, 0.3) is 6.71 Å². The summed E-state index contributed by atoms with van der Waals surface area (Å²) in [7, 11) is 0. The summed E-state index contributed by atoms with van der Waals surface area (Å²) in [6.45, 7) is 27.2. The zero-order valence-corrected chi connectivity index (χ0v) is 39.6. The summed E-state index contributed by atoms with van der Waals surface area (Å²) in [5.74, 6) is 0. The van der Waals surface area contributed by atoms with Crippen LogP contribution in [0.5, 0.6) is 0 Å².